The molecule has 6 rings (SSSR count). The molecular formula is C24H22BrN3O3. The molecule has 4 heterocycles. The highest BCUT2D eigenvalue weighted by Crippen LogP contribution is 2.61. The minimum Gasteiger partial charge on any atom is -0.324 e. The Morgan fingerprint density at radius 1 is 1.06 bits per heavy atom. The molecule has 3 fully saturated rings. The van der Waals surface area contributed by atoms with Crippen molar-refractivity contribution in [3.8, 4) is 0 Å². The number of carbonyl (C=O) groups is 3. The molecule has 158 valence electrons. The summed E-state index contributed by atoms with van der Waals surface area (Å²) in [4.78, 5) is 44.8. The van der Waals surface area contributed by atoms with Gasteiger partial charge in [0.25, 0.3) is 0 Å². The number of fused-ring (bicyclic) bond motifs is 7. The molecule has 6 nitrogen and oxygen atoms in total. The number of benzene rings is 2. The molecule has 0 bridgehead atoms. The molecule has 0 aromatic heterocycles. The topological polar surface area (TPSA) is 69.7 Å². The molecule has 0 radical (unpaired) electrons. The van der Waals surface area contributed by atoms with E-state index in [0.29, 0.717) is 12.2 Å². The molecule has 4 aliphatic rings. The predicted octanol–water partition coefficient (Wildman–Crippen LogP) is 3.50. The first kappa shape index (κ1) is 19.2. The number of amides is 3. The number of anilines is 2. The second kappa shape index (κ2) is 6.26. The summed E-state index contributed by atoms with van der Waals surface area (Å²) in [5.41, 5.74) is 2.98. The number of aryl methyl sites for hydroxylation is 2. The number of nitrogens with one attached hydrogen (secondary N) is 1. The van der Waals surface area contributed by atoms with Crippen molar-refractivity contribution >= 4 is 45.0 Å². The molecule has 7 heteroatoms. The van der Waals surface area contributed by atoms with Gasteiger partial charge in [0, 0.05) is 21.8 Å². The van der Waals surface area contributed by atoms with Gasteiger partial charge in [-0.15, -0.1) is 0 Å². The minimum atomic E-state index is -1.13. The van der Waals surface area contributed by atoms with Crippen LogP contribution in [-0.4, -0.2) is 35.2 Å². The molecule has 31 heavy (non-hydrogen) atoms. The average molecular weight is 480 g/mol. The highest BCUT2D eigenvalue weighted by molar-refractivity contribution is 9.10. The Morgan fingerprint density at radius 3 is 2.65 bits per heavy atom. The van der Waals surface area contributed by atoms with E-state index in [2.05, 4.69) is 26.1 Å². The van der Waals surface area contributed by atoms with E-state index in [1.54, 1.807) is 0 Å². The number of hydrogen-bond donors (Lipinski definition) is 1. The normalized spacial score (nSPS) is 31.4. The zero-order valence-electron chi connectivity index (χ0n) is 17.3. The van der Waals surface area contributed by atoms with E-state index in [0.717, 1.165) is 39.7 Å². The van der Waals surface area contributed by atoms with Crippen LogP contribution in [0.5, 0.6) is 0 Å². The van der Waals surface area contributed by atoms with E-state index >= 15 is 0 Å². The predicted molar refractivity (Wildman–Crippen MR) is 120 cm³/mol. The number of halogens is 1. The van der Waals surface area contributed by atoms with Gasteiger partial charge in [-0.1, -0.05) is 33.6 Å². The van der Waals surface area contributed by atoms with Crippen molar-refractivity contribution in [2.75, 3.05) is 16.8 Å². The Hall–Kier alpha value is -2.51. The Balaban J connectivity index is 1.57. The van der Waals surface area contributed by atoms with Crippen molar-refractivity contribution < 1.29 is 14.4 Å². The Morgan fingerprint density at radius 2 is 1.87 bits per heavy atom. The quantitative estimate of drug-likeness (QED) is 0.635. The van der Waals surface area contributed by atoms with Crippen LogP contribution in [0.3, 0.4) is 0 Å². The zero-order valence-corrected chi connectivity index (χ0v) is 18.9. The maximum Gasteiger partial charge on any atom is 0.250 e. The van der Waals surface area contributed by atoms with Crippen molar-refractivity contribution in [2.45, 2.75) is 38.3 Å². The molecule has 2 aromatic rings. The lowest BCUT2D eigenvalue weighted by molar-refractivity contribution is -0.135. The average Bonchev–Trinajstić information content (AvgIpc) is 3.42. The molecule has 4 atom stereocenters. The minimum absolute atomic E-state index is 0.104. The first-order chi connectivity index (χ1) is 14.9. The van der Waals surface area contributed by atoms with Gasteiger partial charge in [0.2, 0.25) is 17.7 Å². The SMILES string of the molecule is Cc1ccc(N2C(=O)[C@@H]3[C@@H]4CCCN4[C@@]4(C(=O)Nc5ccc(Br)cc54)[C@H]3C2=O)c(C)c1. The molecular weight excluding hydrogens is 458 g/mol. The van der Waals surface area contributed by atoms with Gasteiger partial charge in [0.15, 0.2) is 0 Å². The number of hydrogen-bond acceptors (Lipinski definition) is 4. The molecule has 3 amide bonds. The first-order valence-corrected chi connectivity index (χ1v) is 11.5. The van der Waals surface area contributed by atoms with E-state index in [4.69, 9.17) is 0 Å². The molecule has 0 aliphatic carbocycles. The molecule has 3 saturated heterocycles. The van der Waals surface area contributed by atoms with E-state index in [1.165, 1.54) is 4.90 Å². The van der Waals surface area contributed by atoms with Crippen LogP contribution >= 0.6 is 15.9 Å². The number of imide groups is 1. The van der Waals surface area contributed by atoms with Crippen LogP contribution in [0.4, 0.5) is 11.4 Å². The van der Waals surface area contributed by atoms with Gasteiger partial charge in [0.05, 0.1) is 17.5 Å². The molecule has 0 unspecified atom stereocenters. The molecule has 4 aliphatic heterocycles. The maximum atomic E-state index is 14.0. The van der Waals surface area contributed by atoms with Crippen LogP contribution in [0.1, 0.15) is 29.5 Å². The summed E-state index contributed by atoms with van der Waals surface area (Å²) in [6.07, 6.45) is 1.73. The second-order valence-corrected chi connectivity index (χ2v) is 10.0. The summed E-state index contributed by atoms with van der Waals surface area (Å²) in [5, 5.41) is 3.01. The Bertz CT molecular complexity index is 1190. The number of nitrogens with zero attached hydrogens (tertiary/aromatic N) is 2. The summed E-state index contributed by atoms with van der Waals surface area (Å²) in [7, 11) is 0. The van der Waals surface area contributed by atoms with Crippen LogP contribution in [0.15, 0.2) is 40.9 Å². The second-order valence-electron chi connectivity index (χ2n) is 9.12. The smallest absolute Gasteiger partial charge is 0.250 e. The van der Waals surface area contributed by atoms with Crippen LogP contribution in [-0.2, 0) is 19.9 Å². The Kier molecular flexibility index (Phi) is 3.88. The first-order valence-electron chi connectivity index (χ1n) is 10.7. The van der Waals surface area contributed by atoms with E-state index in [1.807, 2.05) is 50.2 Å². The van der Waals surface area contributed by atoms with Crippen molar-refractivity contribution in [1.82, 2.24) is 4.90 Å². The third-order valence-electron chi connectivity index (χ3n) is 7.55. The van der Waals surface area contributed by atoms with Crippen molar-refractivity contribution in [3.63, 3.8) is 0 Å². The van der Waals surface area contributed by atoms with Gasteiger partial charge in [-0.25, -0.2) is 4.90 Å². The summed E-state index contributed by atoms with van der Waals surface area (Å²) in [5.74, 6) is -1.86. The van der Waals surface area contributed by atoms with E-state index < -0.39 is 17.4 Å². The van der Waals surface area contributed by atoms with Gasteiger partial charge in [-0.05, 0) is 63.1 Å². The molecule has 1 spiro atoms. The lowest BCUT2D eigenvalue weighted by Gasteiger charge is -2.36. The molecule has 2 aromatic carbocycles. The summed E-state index contributed by atoms with van der Waals surface area (Å²) < 4.78 is 0.851. The molecule has 1 N–H and O–H groups in total. The van der Waals surface area contributed by atoms with Gasteiger partial charge >= 0.3 is 0 Å². The molecule has 0 saturated carbocycles. The zero-order chi connectivity index (χ0) is 21.7. The van der Waals surface area contributed by atoms with Crippen LogP contribution in [0, 0.1) is 25.7 Å². The third kappa shape index (κ3) is 2.23. The monoisotopic (exact) mass is 479 g/mol. The summed E-state index contributed by atoms with van der Waals surface area (Å²) >= 11 is 3.53. The lowest BCUT2D eigenvalue weighted by Crippen LogP contribution is -2.54. The van der Waals surface area contributed by atoms with Gasteiger partial charge < -0.3 is 5.32 Å². The fourth-order valence-electron chi connectivity index (χ4n) is 6.47. The third-order valence-corrected chi connectivity index (χ3v) is 8.04. The van der Waals surface area contributed by atoms with Gasteiger partial charge in [-0.2, -0.15) is 0 Å². The fraction of sp³-hybridized carbons (Fsp3) is 0.375. The lowest BCUT2D eigenvalue weighted by atomic mass is 9.75. The van der Waals surface area contributed by atoms with Gasteiger partial charge in [-0.3, -0.25) is 19.3 Å². The summed E-state index contributed by atoms with van der Waals surface area (Å²) in [6.45, 7) is 4.62. The number of carbonyl (C=O) groups excluding carboxylic acids is 3. The van der Waals surface area contributed by atoms with Crippen LogP contribution in [0.25, 0.3) is 0 Å². The highest BCUT2D eigenvalue weighted by atomic mass is 79.9. The van der Waals surface area contributed by atoms with Crippen molar-refractivity contribution in [2.24, 2.45) is 11.8 Å². The Labute approximate surface area is 188 Å². The van der Waals surface area contributed by atoms with E-state index in [-0.39, 0.29) is 23.8 Å². The van der Waals surface area contributed by atoms with Crippen LogP contribution in [0.2, 0.25) is 0 Å². The highest BCUT2D eigenvalue weighted by Gasteiger charge is 2.74. The number of rotatable bonds is 1. The standard InChI is InChI=1S/C24H22BrN3O3/c1-12-5-8-17(13(2)10-12)28-21(29)19-18-4-3-9-27(18)24(20(19)22(28)30)15-11-14(25)6-7-16(15)26-23(24)31/h5-8,10-11,18-20H,3-4,9H2,1-2H3,(H,26,31)/t18-,19+,20+,24+/m0/s1. The fourth-order valence-corrected chi connectivity index (χ4v) is 6.83. The van der Waals surface area contributed by atoms with Crippen molar-refractivity contribution in [1.29, 1.82) is 0 Å². The summed E-state index contributed by atoms with van der Waals surface area (Å²) in [6, 6.07) is 11.3. The van der Waals surface area contributed by atoms with Gasteiger partial charge in [0.1, 0.15) is 5.54 Å². The largest absolute Gasteiger partial charge is 0.324 e. The van der Waals surface area contributed by atoms with E-state index in [9.17, 15) is 14.4 Å². The van der Waals surface area contributed by atoms with Crippen molar-refractivity contribution in [3.05, 3.63) is 57.6 Å². The maximum absolute atomic E-state index is 14.0. The van der Waals surface area contributed by atoms with Crippen LogP contribution < -0.4 is 10.2 Å².